The van der Waals surface area contributed by atoms with E-state index in [1.54, 1.807) is 94.1 Å². The summed E-state index contributed by atoms with van der Waals surface area (Å²) < 4.78 is 38.6. The SMILES string of the molecule is COc1ccc2c(=O)c(-c3ccccc3O)coc2c1.COc1ccc2c(c1)OCC(c1ccccc1O)C2O.COc1ccc2c(c1)OCC1c3ccccc3OC21. The Kier molecular flexibility index (Phi) is 11.0. The lowest BCUT2D eigenvalue weighted by molar-refractivity contribution is 0.0875. The number of fused-ring (bicyclic) bond motifs is 7. The van der Waals surface area contributed by atoms with Gasteiger partial charge >= 0.3 is 0 Å². The minimum absolute atomic E-state index is 0.0488. The largest absolute Gasteiger partial charge is 0.508 e. The van der Waals surface area contributed by atoms with Crippen LogP contribution in [0.4, 0.5) is 0 Å². The number of aliphatic hydroxyl groups is 1. The van der Waals surface area contributed by atoms with Gasteiger partial charge in [0.15, 0.2) is 0 Å². The van der Waals surface area contributed by atoms with Gasteiger partial charge in [-0.25, -0.2) is 0 Å². The average molecular weight is 795 g/mol. The van der Waals surface area contributed by atoms with Crippen LogP contribution in [0.3, 0.4) is 0 Å². The Hall–Kier alpha value is -7.11. The van der Waals surface area contributed by atoms with Crippen molar-refractivity contribution in [2.75, 3.05) is 34.5 Å². The average Bonchev–Trinajstić information content (AvgIpc) is 3.66. The molecule has 3 N–H and O–H groups in total. The molecule has 59 heavy (non-hydrogen) atoms. The van der Waals surface area contributed by atoms with Crippen LogP contribution in [0.1, 0.15) is 46.3 Å². The first-order chi connectivity index (χ1) is 28.8. The van der Waals surface area contributed by atoms with Gasteiger partial charge in [-0.05, 0) is 54.6 Å². The minimum Gasteiger partial charge on any atom is -0.508 e. The second kappa shape index (κ2) is 16.8. The van der Waals surface area contributed by atoms with Crippen molar-refractivity contribution in [1.82, 2.24) is 0 Å². The monoisotopic (exact) mass is 794 g/mol. The van der Waals surface area contributed by atoms with Gasteiger partial charge in [-0.2, -0.15) is 0 Å². The number of aromatic hydroxyl groups is 2. The Balaban J connectivity index is 0.000000123. The van der Waals surface area contributed by atoms with Crippen molar-refractivity contribution in [3.63, 3.8) is 0 Å². The smallest absolute Gasteiger partial charge is 0.200 e. The van der Waals surface area contributed by atoms with E-state index in [-0.39, 0.29) is 34.9 Å². The molecule has 3 aliphatic heterocycles. The molecule has 0 bridgehead atoms. The Morgan fingerprint density at radius 3 is 1.83 bits per heavy atom. The molecule has 0 aliphatic carbocycles. The summed E-state index contributed by atoms with van der Waals surface area (Å²) in [7, 11) is 4.80. The number of methoxy groups -OCH3 is 3. The van der Waals surface area contributed by atoms with Gasteiger partial charge in [0.1, 0.15) is 63.9 Å². The molecule has 0 fully saturated rings. The summed E-state index contributed by atoms with van der Waals surface area (Å²) in [5.41, 5.74) is 4.82. The van der Waals surface area contributed by atoms with Gasteiger partial charge in [0, 0.05) is 46.0 Å². The zero-order chi connectivity index (χ0) is 41.0. The Morgan fingerprint density at radius 1 is 0.559 bits per heavy atom. The van der Waals surface area contributed by atoms with Gasteiger partial charge in [0.2, 0.25) is 5.43 Å². The zero-order valence-electron chi connectivity index (χ0n) is 32.5. The highest BCUT2D eigenvalue weighted by Gasteiger charge is 2.40. The predicted molar refractivity (Wildman–Crippen MR) is 221 cm³/mol. The summed E-state index contributed by atoms with van der Waals surface area (Å²) in [5.74, 6) is 4.83. The fraction of sp³-hybridized carbons (Fsp3) is 0.188. The van der Waals surface area contributed by atoms with Gasteiger partial charge < -0.3 is 48.2 Å². The van der Waals surface area contributed by atoms with Crippen molar-refractivity contribution < 1.29 is 48.2 Å². The molecule has 4 heterocycles. The van der Waals surface area contributed by atoms with Gasteiger partial charge in [0.25, 0.3) is 0 Å². The van der Waals surface area contributed by atoms with Crippen LogP contribution in [-0.2, 0) is 0 Å². The van der Waals surface area contributed by atoms with Crippen LogP contribution in [0, 0.1) is 0 Å². The summed E-state index contributed by atoms with van der Waals surface area (Å²) in [6.45, 7) is 0.973. The van der Waals surface area contributed by atoms with Crippen molar-refractivity contribution in [3.8, 4) is 57.1 Å². The molecule has 1 aromatic heterocycles. The van der Waals surface area contributed by atoms with Gasteiger partial charge in [0.05, 0.1) is 63.4 Å². The lowest BCUT2D eigenvalue weighted by atomic mass is 9.87. The standard InChI is InChI=1S/C16H16O4.C16H12O4.C16H14O3/c2*1-19-10-6-7-12-15(8-10)20-9-13(16(12)18)11-4-2-3-5-14(11)17;1-17-10-6-7-12-15(8-10)18-9-13-11-4-2-3-5-14(11)19-16(12)13/h2-8,13,16-18H,9H2,1H3;2-9,17H,1H3;2-8,13,16H,9H2,1H3. The molecule has 0 saturated carbocycles. The number of benzene rings is 6. The van der Waals surface area contributed by atoms with E-state index in [9.17, 15) is 20.1 Å². The molecule has 0 amide bonds. The van der Waals surface area contributed by atoms with E-state index in [4.69, 9.17) is 32.8 Å². The second-order valence-electron chi connectivity index (χ2n) is 14.1. The summed E-state index contributed by atoms with van der Waals surface area (Å²) in [6.07, 6.45) is 0.712. The molecule has 0 spiro atoms. The maximum Gasteiger partial charge on any atom is 0.200 e. The highest BCUT2D eigenvalue weighted by atomic mass is 16.5. The van der Waals surface area contributed by atoms with Crippen LogP contribution in [0.25, 0.3) is 22.1 Å². The van der Waals surface area contributed by atoms with E-state index in [0.29, 0.717) is 63.7 Å². The van der Waals surface area contributed by atoms with Crippen LogP contribution in [0.15, 0.2) is 143 Å². The van der Waals surface area contributed by atoms with Crippen molar-refractivity contribution in [3.05, 3.63) is 166 Å². The minimum atomic E-state index is -0.710. The molecule has 0 saturated heterocycles. The second-order valence-corrected chi connectivity index (χ2v) is 14.1. The van der Waals surface area contributed by atoms with Crippen LogP contribution in [0.2, 0.25) is 0 Å². The Labute approximate surface area is 340 Å². The van der Waals surface area contributed by atoms with Gasteiger partial charge in [-0.15, -0.1) is 0 Å². The van der Waals surface area contributed by atoms with Crippen LogP contribution in [-0.4, -0.2) is 49.9 Å². The van der Waals surface area contributed by atoms with Gasteiger partial charge in [-0.1, -0.05) is 54.6 Å². The number of phenolic OH excluding ortho intramolecular Hbond substituents is 2. The van der Waals surface area contributed by atoms with Crippen molar-refractivity contribution >= 4 is 11.0 Å². The van der Waals surface area contributed by atoms with Crippen LogP contribution < -0.4 is 33.8 Å². The maximum absolute atomic E-state index is 12.5. The summed E-state index contributed by atoms with van der Waals surface area (Å²) >= 11 is 0. The predicted octanol–water partition coefficient (Wildman–Crippen LogP) is 9.09. The maximum atomic E-state index is 12.5. The first-order valence-corrected chi connectivity index (χ1v) is 19.0. The molecular weight excluding hydrogens is 753 g/mol. The lowest BCUT2D eigenvalue weighted by Crippen LogP contribution is -2.24. The fourth-order valence-corrected chi connectivity index (χ4v) is 7.60. The highest BCUT2D eigenvalue weighted by molar-refractivity contribution is 5.83. The van der Waals surface area contributed by atoms with E-state index in [1.165, 1.54) is 17.9 Å². The molecule has 4 atom stereocenters. The van der Waals surface area contributed by atoms with Crippen molar-refractivity contribution in [2.45, 2.75) is 24.0 Å². The zero-order valence-corrected chi connectivity index (χ0v) is 32.5. The number of aliphatic hydroxyl groups excluding tert-OH is 1. The van der Waals surface area contributed by atoms with E-state index >= 15 is 0 Å². The molecule has 6 aromatic carbocycles. The molecule has 3 aliphatic rings. The topological polar surface area (TPSA) is 146 Å². The molecule has 300 valence electrons. The van der Waals surface area contributed by atoms with E-state index in [2.05, 4.69) is 6.07 Å². The van der Waals surface area contributed by atoms with Crippen LogP contribution >= 0.6 is 0 Å². The molecule has 4 unspecified atom stereocenters. The van der Waals surface area contributed by atoms with E-state index in [0.717, 1.165) is 22.8 Å². The normalized spacial score (nSPS) is 18.0. The molecular formula is C48H42O11. The number of para-hydroxylation sites is 3. The third kappa shape index (κ3) is 7.68. The number of rotatable bonds is 5. The summed E-state index contributed by atoms with van der Waals surface area (Å²) in [6, 6.07) is 38.2. The summed E-state index contributed by atoms with van der Waals surface area (Å²) in [4.78, 5) is 12.5. The first-order valence-electron chi connectivity index (χ1n) is 19.0. The summed E-state index contributed by atoms with van der Waals surface area (Å²) in [5, 5.41) is 30.7. The van der Waals surface area contributed by atoms with Gasteiger partial charge in [-0.3, -0.25) is 4.79 Å². The third-order valence-electron chi connectivity index (χ3n) is 10.7. The molecule has 11 heteroatoms. The molecule has 7 aromatic rings. The van der Waals surface area contributed by atoms with Crippen molar-refractivity contribution in [1.29, 1.82) is 0 Å². The van der Waals surface area contributed by atoms with Crippen molar-refractivity contribution in [2.24, 2.45) is 0 Å². The fourth-order valence-electron chi connectivity index (χ4n) is 7.60. The quantitative estimate of drug-likeness (QED) is 0.153. The lowest BCUT2D eigenvalue weighted by Gasteiger charge is -2.31. The van der Waals surface area contributed by atoms with Crippen LogP contribution in [0.5, 0.6) is 46.0 Å². The number of phenols is 2. The molecule has 11 nitrogen and oxygen atoms in total. The number of ether oxygens (including phenoxy) is 6. The highest BCUT2D eigenvalue weighted by Crippen LogP contribution is 2.51. The van der Waals surface area contributed by atoms with E-state index in [1.807, 2.05) is 42.5 Å². The third-order valence-corrected chi connectivity index (χ3v) is 10.7. The Bertz CT molecular complexity index is 2670. The first kappa shape index (κ1) is 38.7. The number of hydrogen-bond acceptors (Lipinski definition) is 11. The molecule has 10 rings (SSSR count). The molecule has 0 radical (unpaired) electrons. The van der Waals surface area contributed by atoms with E-state index < -0.39 is 6.10 Å². The Morgan fingerprint density at radius 2 is 1.14 bits per heavy atom. The number of hydrogen-bond donors (Lipinski definition) is 3.